The number of ether oxygens (including phenoxy) is 1. The Balaban J connectivity index is 3.21. The maximum Gasteiger partial charge on any atom is 0.238 e. The molecular formula is C12H18N2O4S. The van der Waals surface area contributed by atoms with Gasteiger partial charge in [-0.15, -0.1) is 0 Å². The minimum absolute atomic E-state index is 0.0856. The molecule has 0 saturated carbocycles. The highest BCUT2D eigenvalue weighted by Crippen LogP contribution is 2.28. The summed E-state index contributed by atoms with van der Waals surface area (Å²) in [5.74, 6) is 0.113. The van der Waals surface area contributed by atoms with Crippen molar-refractivity contribution in [2.75, 3.05) is 12.4 Å². The van der Waals surface area contributed by atoms with Gasteiger partial charge >= 0.3 is 0 Å². The van der Waals surface area contributed by atoms with Crippen molar-refractivity contribution in [1.82, 2.24) is 0 Å². The summed E-state index contributed by atoms with van der Waals surface area (Å²) in [6.07, 6.45) is 0. The lowest BCUT2D eigenvalue weighted by atomic mass is 9.95. The number of benzene rings is 1. The van der Waals surface area contributed by atoms with Gasteiger partial charge in [0, 0.05) is 5.41 Å². The van der Waals surface area contributed by atoms with Gasteiger partial charge in [-0.1, -0.05) is 20.8 Å². The van der Waals surface area contributed by atoms with Gasteiger partial charge in [-0.3, -0.25) is 4.79 Å². The number of anilines is 1. The first-order chi connectivity index (χ1) is 8.55. The summed E-state index contributed by atoms with van der Waals surface area (Å²) in [7, 11) is -2.40. The SMILES string of the molecule is COc1ccc(S(N)(=O)=O)cc1NC(=O)C(C)(C)C. The Morgan fingerprint density at radius 1 is 1.32 bits per heavy atom. The monoisotopic (exact) mass is 286 g/mol. The maximum absolute atomic E-state index is 11.9. The van der Waals surface area contributed by atoms with Gasteiger partial charge in [-0.05, 0) is 18.2 Å². The molecule has 19 heavy (non-hydrogen) atoms. The number of primary sulfonamides is 1. The Labute approximate surface area is 113 Å². The van der Waals surface area contributed by atoms with Gasteiger partial charge < -0.3 is 10.1 Å². The van der Waals surface area contributed by atoms with Crippen molar-refractivity contribution in [1.29, 1.82) is 0 Å². The zero-order chi connectivity index (χ0) is 14.8. The Kier molecular flexibility index (Phi) is 4.21. The van der Waals surface area contributed by atoms with Crippen LogP contribution in [-0.2, 0) is 14.8 Å². The molecule has 6 nitrogen and oxygen atoms in total. The third-order valence-electron chi connectivity index (χ3n) is 2.43. The van der Waals surface area contributed by atoms with Crippen molar-refractivity contribution >= 4 is 21.6 Å². The van der Waals surface area contributed by atoms with Crippen LogP contribution in [0.2, 0.25) is 0 Å². The second-order valence-electron chi connectivity index (χ2n) is 5.11. The first-order valence-corrected chi connectivity index (χ1v) is 7.12. The fraction of sp³-hybridized carbons (Fsp3) is 0.417. The van der Waals surface area contributed by atoms with Gasteiger partial charge in [0.2, 0.25) is 15.9 Å². The Morgan fingerprint density at radius 3 is 2.32 bits per heavy atom. The molecule has 0 aliphatic rings. The van der Waals surface area contributed by atoms with E-state index in [1.54, 1.807) is 20.8 Å². The Morgan fingerprint density at radius 2 is 1.89 bits per heavy atom. The smallest absolute Gasteiger partial charge is 0.238 e. The van der Waals surface area contributed by atoms with E-state index in [0.29, 0.717) is 5.75 Å². The highest BCUT2D eigenvalue weighted by molar-refractivity contribution is 7.89. The molecule has 0 aliphatic heterocycles. The minimum Gasteiger partial charge on any atom is -0.495 e. The predicted octanol–water partition coefficient (Wildman–Crippen LogP) is 1.33. The van der Waals surface area contributed by atoms with Crippen LogP contribution in [-0.4, -0.2) is 21.4 Å². The fourth-order valence-corrected chi connectivity index (χ4v) is 1.81. The van der Waals surface area contributed by atoms with Crippen LogP contribution in [0.25, 0.3) is 0 Å². The molecule has 0 atom stereocenters. The van der Waals surface area contributed by atoms with Crippen LogP contribution in [0, 0.1) is 5.41 Å². The maximum atomic E-state index is 11.9. The minimum atomic E-state index is -3.83. The van der Waals surface area contributed by atoms with Crippen LogP contribution in [0.5, 0.6) is 5.75 Å². The van der Waals surface area contributed by atoms with Crippen molar-refractivity contribution < 1.29 is 17.9 Å². The van der Waals surface area contributed by atoms with Gasteiger partial charge in [0.25, 0.3) is 0 Å². The van der Waals surface area contributed by atoms with Gasteiger partial charge in [-0.25, -0.2) is 13.6 Å². The molecule has 1 amide bonds. The van der Waals surface area contributed by atoms with Crippen LogP contribution < -0.4 is 15.2 Å². The average Bonchev–Trinajstić information content (AvgIpc) is 2.26. The zero-order valence-electron chi connectivity index (χ0n) is 11.4. The number of amides is 1. The highest BCUT2D eigenvalue weighted by atomic mass is 32.2. The largest absolute Gasteiger partial charge is 0.495 e. The molecule has 0 spiro atoms. The van der Waals surface area contributed by atoms with E-state index in [1.807, 2.05) is 0 Å². The molecule has 106 valence electrons. The fourth-order valence-electron chi connectivity index (χ4n) is 1.27. The number of methoxy groups -OCH3 is 1. The van der Waals surface area contributed by atoms with Gasteiger partial charge in [0.1, 0.15) is 5.75 Å². The second-order valence-corrected chi connectivity index (χ2v) is 6.67. The number of nitrogens with one attached hydrogen (secondary N) is 1. The molecule has 0 fully saturated rings. The molecule has 3 N–H and O–H groups in total. The summed E-state index contributed by atoms with van der Waals surface area (Å²) in [6, 6.07) is 4.04. The lowest BCUT2D eigenvalue weighted by Gasteiger charge is -2.19. The van der Waals surface area contributed by atoms with Crippen LogP contribution in [0.15, 0.2) is 23.1 Å². The molecule has 1 aromatic carbocycles. The summed E-state index contributed by atoms with van der Waals surface area (Å²) in [5.41, 5.74) is -0.336. The van der Waals surface area contributed by atoms with Crippen LogP contribution in [0.1, 0.15) is 20.8 Å². The number of nitrogens with two attached hydrogens (primary N) is 1. The molecule has 0 unspecified atom stereocenters. The number of hydrogen-bond acceptors (Lipinski definition) is 4. The van der Waals surface area contributed by atoms with E-state index in [9.17, 15) is 13.2 Å². The lowest BCUT2D eigenvalue weighted by Crippen LogP contribution is -2.28. The molecular weight excluding hydrogens is 268 g/mol. The quantitative estimate of drug-likeness (QED) is 0.875. The third-order valence-corrected chi connectivity index (χ3v) is 3.34. The molecule has 0 aromatic heterocycles. The standard InChI is InChI=1S/C12H18N2O4S/c1-12(2,3)11(15)14-9-7-8(19(13,16)17)5-6-10(9)18-4/h5-7H,1-4H3,(H,14,15)(H2,13,16,17). The predicted molar refractivity (Wildman–Crippen MR) is 72.5 cm³/mol. The summed E-state index contributed by atoms with van der Waals surface area (Å²) >= 11 is 0. The summed E-state index contributed by atoms with van der Waals surface area (Å²) in [4.78, 5) is 11.8. The van der Waals surface area contributed by atoms with Crippen molar-refractivity contribution in [3.63, 3.8) is 0 Å². The molecule has 7 heteroatoms. The van der Waals surface area contributed by atoms with Crippen LogP contribution in [0.3, 0.4) is 0 Å². The summed E-state index contributed by atoms with van der Waals surface area (Å²) in [5, 5.41) is 7.68. The number of sulfonamides is 1. The molecule has 0 saturated heterocycles. The number of rotatable bonds is 3. The number of hydrogen-bond donors (Lipinski definition) is 2. The van der Waals surface area contributed by atoms with Gasteiger partial charge in [0.15, 0.2) is 0 Å². The van der Waals surface area contributed by atoms with E-state index < -0.39 is 15.4 Å². The third kappa shape index (κ3) is 3.93. The van der Waals surface area contributed by atoms with Crippen molar-refractivity contribution in [3.05, 3.63) is 18.2 Å². The average molecular weight is 286 g/mol. The Bertz CT molecular complexity index is 588. The van der Waals surface area contributed by atoms with Crippen LogP contribution in [0.4, 0.5) is 5.69 Å². The first-order valence-electron chi connectivity index (χ1n) is 5.58. The van der Waals surface area contributed by atoms with E-state index in [1.165, 1.54) is 25.3 Å². The van der Waals surface area contributed by atoms with E-state index >= 15 is 0 Å². The van der Waals surface area contributed by atoms with E-state index in [2.05, 4.69) is 5.32 Å². The van der Waals surface area contributed by atoms with Gasteiger partial charge in [0.05, 0.1) is 17.7 Å². The van der Waals surface area contributed by atoms with Crippen LogP contribution >= 0.6 is 0 Å². The highest BCUT2D eigenvalue weighted by Gasteiger charge is 2.23. The van der Waals surface area contributed by atoms with E-state index in [0.717, 1.165) is 0 Å². The Hall–Kier alpha value is -1.60. The zero-order valence-corrected chi connectivity index (χ0v) is 12.2. The molecule has 0 heterocycles. The molecule has 0 aliphatic carbocycles. The van der Waals surface area contributed by atoms with E-state index in [4.69, 9.17) is 9.88 Å². The van der Waals surface area contributed by atoms with Gasteiger partial charge in [-0.2, -0.15) is 0 Å². The summed E-state index contributed by atoms with van der Waals surface area (Å²) in [6.45, 7) is 5.25. The molecule has 0 radical (unpaired) electrons. The van der Waals surface area contributed by atoms with Crippen molar-refractivity contribution in [3.8, 4) is 5.75 Å². The molecule has 1 aromatic rings. The molecule has 0 bridgehead atoms. The van der Waals surface area contributed by atoms with Crippen molar-refractivity contribution in [2.45, 2.75) is 25.7 Å². The normalized spacial score (nSPS) is 12.1. The van der Waals surface area contributed by atoms with E-state index in [-0.39, 0.29) is 16.5 Å². The number of carbonyl (C=O) groups is 1. The van der Waals surface area contributed by atoms with Crippen molar-refractivity contribution in [2.24, 2.45) is 10.6 Å². The molecule has 1 rings (SSSR count). The lowest BCUT2D eigenvalue weighted by molar-refractivity contribution is -0.123. The number of carbonyl (C=O) groups excluding carboxylic acids is 1. The second kappa shape index (κ2) is 5.18. The summed E-state index contributed by atoms with van der Waals surface area (Å²) < 4.78 is 27.7. The topological polar surface area (TPSA) is 98.5 Å². The first kappa shape index (κ1) is 15.5.